The van der Waals surface area contributed by atoms with E-state index in [-0.39, 0.29) is 35.9 Å². The molecule has 1 aliphatic heterocycles. The predicted molar refractivity (Wildman–Crippen MR) is 171 cm³/mol. The lowest BCUT2D eigenvalue weighted by atomic mass is 9.94. The van der Waals surface area contributed by atoms with E-state index in [2.05, 4.69) is 5.32 Å². The van der Waals surface area contributed by atoms with Gasteiger partial charge in [-0.3, -0.25) is 4.79 Å². The van der Waals surface area contributed by atoms with E-state index in [1.54, 1.807) is 32.4 Å². The molecule has 1 aliphatic carbocycles. The Morgan fingerprint density at radius 1 is 0.886 bits per heavy atom. The second kappa shape index (κ2) is 14.8. The zero-order valence-electron chi connectivity index (χ0n) is 26.3. The number of fused-ring (bicyclic) bond motifs is 1. The number of amides is 2. The molecule has 44 heavy (non-hydrogen) atoms. The minimum atomic E-state index is -0.303. The highest BCUT2D eigenvalue weighted by molar-refractivity contribution is 5.95. The zero-order valence-corrected chi connectivity index (χ0v) is 26.3. The van der Waals surface area contributed by atoms with Gasteiger partial charge in [0.2, 0.25) is 0 Å². The van der Waals surface area contributed by atoms with Crippen molar-refractivity contribution >= 4 is 22.8 Å². The summed E-state index contributed by atoms with van der Waals surface area (Å²) < 4.78 is 22.5. The molecule has 3 aromatic carbocycles. The Hall–Kier alpha value is -3.82. The smallest absolute Gasteiger partial charge is 0.415 e. The second-order valence-electron chi connectivity index (χ2n) is 12.0. The highest BCUT2D eigenvalue weighted by Gasteiger charge is 2.39. The zero-order chi connectivity index (χ0) is 31.1. The summed E-state index contributed by atoms with van der Waals surface area (Å²) >= 11 is 0. The van der Waals surface area contributed by atoms with E-state index in [0.29, 0.717) is 49.1 Å². The van der Waals surface area contributed by atoms with Gasteiger partial charge in [0.15, 0.2) is 11.5 Å². The van der Waals surface area contributed by atoms with Crippen LogP contribution in [0.3, 0.4) is 0 Å². The van der Waals surface area contributed by atoms with Gasteiger partial charge >= 0.3 is 6.09 Å². The number of nitrogens with zero attached hydrogens (tertiary/aromatic N) is 2. The number of ether oxygens (including phenoxy) is 4. The summed E-state index contributed by atoms with van der Waals surface area (Å²) in [5.41, 5.74) is 0.557. The van der Waals surface area contributed by atoms with Gasteiger partial charge in [-0.05, 0) is 68.2 Å². The van der Waals surface area contributed by atoms with E-state index in [9.17, 15) is 9.59 Å². The summed E-state index contributed by atoms with van der Waals surface area (Å²) in [7, 11) is 3.25. The molecule has 1 saturated heterocycles. The van der Waals surface area contributed by atoms with Crippen LogP contribution in [0.2, 0.25) is 0 Å². The van der Waals surface area contributed by atoms with Crippen LogP contribution in [-0.2, 0) is 4.74 Å². The molecule has 1 heterocycles. The molecule has 2 fully saturated rings. The van der Waals surface area contributed by atoms with Crippen molar-refractivity contribution in [3.63, 3.8) is 0 Å². The van der Waals surface area contributed by atoms with Gasteiger partial charge in [0, 0.05) is 69.3 Å². The maximum absolute atomic E-state index is 13.9. The van der Waals surface area contributed by atoms with Gasteiger partial charge in [0.1, 0.15) is 5.75 Å². The third-order valence-corrected chi connectivity index (χ3v) is 8.56. The van der Waals surface area contributed by atoms with Gasteiger partial charge < -0.3 is 34.1 Å². The van der Waals surface area contributed by atoms with E-state index in [0.717, 1.165) is 43.1 Å². The monoisotopic (exact) mass is 603 g/mol. The van der Waals surface area contributed by atoms with Crippen LogP contribution in [0.5, 0.6) is 17.2 Å². The summed E-state index contributed by atoms with van der Waals surface area (Å²) in [6.07, 6.45) is 2.40. The van der Waals surface area contributed by atoms with Gasteiger partial charge in [0.25, 0.3) is 5.91 Å². The van der Waals surface area contributed by atoms with Gasteiger partial charge in [-0.15, -0.1) is 0 Å². The quantitative estimate of drug-likeness (QED) is 0.240. The number of benzene rings is 3. The van der Waals surface area contributed by atoms with Gasteiger partial charge in [-0.25, -0.2) is 4.79 Å². The van der Waals surface area contributed by atoms with Gasteiger partial charge in [0.05, 0.1) is 13.7 Å². The average Bonchev–Trinajstić information content (AvgIpc) is 3.78. The Labute approximate surface area is 260 Å². The first-order valence-corrected chi connectivity index (χ1v) is 15.7. The molecular formula is C35H45N3O6. The first-order valence-electron chi connectivity index (χ1n) is 15.7. The van der Waals surface area contributed by atoms with Crippen molar-refractivity contribution in [1.82, 2.24) is 15.1 Å². The number of carbonyl (C=O) groups is 2. The fraction of sp³-hybridized carbons (Fsp3) is 0.486. The molecule has 236 valence electrons. The predicted octanol–water partition coefficient (Wildman–Crippen LogP) is 5.61. The number of methoxy groups -OCH3 is 2. The lowest BCUT2D eigenvalue weighted by Gasteiger charge is -2.33. The largest absolute Gasteiger partial charge is 0.493 e. The third kappa shape index (κ3) is 7.63. The molecule has 2 atom stereocenters. The van der Waals surface area contributed by atoms with Crippen molar-refractivity contribution in [2.75, 3.05) is 53.6 Å². The van der Waals surface area contributed by atoms with Crippen molar-refractivity contribution in [2.24, 2.45) is 11.8 Å². The summed E-state index contributed by atoms with van der Waals surface area (Å²) in [5, 5.41) is 5.48. The Kier molecular flexibility index (Phi) is 10.6. The average molecular weight is 604 g/mol. The van der Waals surface area contributed by atoms with Gasteiger partial charge in [-0.2, -0.15) is 0 Å². The fourth-order valence-electron chi connectivity index (χ4n) is 5.92. The maximum Gasteiger partial charge on any atom is 0.415 e. The maximum atomic E-state index is 13.9. The number of hydrogen-bond acceptors (Lipinski definition) is 7. The number of hydrogen-bond donors (Lipinski definition) is 1. The van der Waals surface area contributed by atoms with E-state index in [1.807, 2.05) is 66.1 Å². The van der Waals surface area contributed by atoms with Crippen LogP contribution in [0.15, 0.2) is 60.7 Å². The van der Waals surface area contributed by atoms with Crippen molar-refractivity contribution in [3.8, 4) is 17.2 Å². The Balaban J connectivity index is 1.27. The minimum absolute atomic E-state index is 0.00668. The van der Waals surface area contributed by atoms with Crippen LogP contribution in [-0.4, -0.2) is 87.5 Å². The van der Waals surface area contributed by atoms with Gasteiger partial charge in [-0.1, -0.05) is 36.4 Å². The van der Waals surface area contributed by atoms with Crippen molar-refractivity contribution < 1.29 is 28.5 Å². The minimum Gasteiger partial charge on any atom is -0.493 e. The Morgan fingerprint density at radius 3 is 2.36 bits per heavy atom. The van der Waals surface area contributed by atoms with Crippen molar-refractivity contribution in [1.29, 1.82) is 0 Å². The molecule has 3 aromatic rings. The highest BCUT2D eigenvalue weighted by Crippen LogP contribution is 2.33. The SMILES string of the molecule is COCCCOc1cc(C(=O)N(C[C@@H]2CNC[C@H]2CN(C(=O)Oc2cccc3ccccc23)C2CC2)C(C)C)ccc1OC. The molecule has 1 saturated carbocycles. The fourth-order valence-corrected chi connectivity index (χ4v) is 5.92. The summed E-state index contributed by atoms with van der Waals surface area (Å²) in [5.74, 6) is 2.05. The number of nitrogens with one attached hydrogen (secondary N) is 1. The molecular weight excluding hydrogens is 558 g/mol. The summed E-state index contributed by atoms with van der Waals surface area (Å²) in [6.45, 7) is 7.89. The molecule has 5 rings (SSSR count). The second-order valence-corrected chi connectivity index (χ2v) is 12.0. The summed E-state index contributed by atoms with van der Waals surface area (Å²) in [6, 6.07) is 19.3. The molecule has 0 radical (unpaired) electrons. The third-order valence-electron chi connectivity index (χ3n) is 8.56. The van der Waals surface area contributed by atoms with E-state index >= 15 is 0 Å². The number of rotatable bonds is 14. The topological polar surface area (TPSA) is 89.6 Å². The normalized spacial score (nSPS) is 17.9. The van der Waals surface area contributed by atoms with Crippen LogP contribution in [0.4, 0.5) is 4.79 Å². The van der Waals surface area contributed by atoms with E-state index in [1.165, 1.54) is 0 Å². The molecule has 2 aliphatic rings. The molecule has 0 bridgehead atoms. The molecule has 9 nitrogen and oxygen atoms in total. The first kappa shape index (κ1) is 31.6. The van der Waals surface area contributed by atoms with Crippen LogP contribution >= 0.6 is 0 Å². The first-order chi connectivity index (χ1) is 21.4. The lowest BCUT2D eigenvalue weighted by Crippen LogP contribution is -2.45. The molecule has 9 heteroatoms. The van der Waals surface area contributed by atoms with Crippen LogP contribution in [0, 0.1) is 11.8 Å². The molecule has 0 aromatic heterocycles. The van der Waals surface area contributed by atoms with E-state index in [4.69, 9.17) is 18.9 Å². The van der Waals surface area contributed by atoms with Crippen molar-refractivity contribution in [2.45, 2.75) is 45.2 Å². The molecule has 2 amide bonds. The Bertz CT molecular complexity index is 1420. The standard InChI is InChI=1S/C35H45N3O6/c1-24(2)37(34(39)26-13-16-32(42-4)33(19-26)43-18-8-17-41-3)22-27-20-36-21-28(27)23-38(29-14-15-29)35(40)44-31-12-7-10-25-9-5-6-11-30(25)31/h5-7,9-13,16,19,24,27-29,36H,8,14-15,17-18,20-23H2,1-4H3/t27-,28-/m0/s1. The Morgan fingerprint density at radius 2 is 1.64 bits per heavy atom. The highest BCUT2D eigenvalue weighted by atomic mass is 16.6. The lowest BCUT2D eigenvalue weighted by molar-refractivity contribution is 0.0648. The summed E-state index contributed by atoms with van der Waals surface area (Å²) in [4.78, 5) is 31.2. The molecule has 0 spiro atoms. The van der Waals surface area contributed by atoms with Crippen LogP contribution in [0.25, 0.3) is 10.8 Å². The molecule has 1 N–H and O–H groups in total. The molecule has 0 unspecified atom stereocenters. The van der Waals surface area contributed by atoms with Crippen molar-refractivity contribution in [3.05, 3.63) is 66.2 Å². The number of carbonyl (C=O) groups excluding carboxylic acids is 2. The van der Waals surface area contributed by atoms with Crippen LogP contribution < -0.4 is 19.5 Å². The van der Waals surface area contributed by atoms with E-state index < -0.39 is 0 Å². The van der Waals surface area contributed by atoms with Crippen LogP contribution in [0.1, 0.15) is 43.5 Å².